The molecular weight excluding hydrogens is 402 g/mol. The van der Waals surface area contributed by atoms with E-state index in [9.17, 15) is 4.79 Å². The zero-order chi connectivity index (χ0) is 22.4. The summed E-state index contributed by atoms with van der Waals surface area (Å²) in [5, 5.41) is 0. The molecule has 0 radical (unpaired) electrons. The Morgan fingerprint density at radius 3 is 2.69 bits per heavy atom. The number of methoxy groups -OCH3 is 1. The Kier molecular flexibility index (Phi) is 7.53. The summed E-state index contributed by atoms with van der Waals surface area (Å²) < 4.78 is 10.9. The normalized spacial score (nSPS) is 20.4. The van der Waals surface area contributed by atoms with E-state index in [0.29, 0.717) is 25.7 Å². The van der Waals surface area contributed by atoms with Crippen LogP contribution in [0.3, 0.4) is 0 Å². The number of hydrogen-bond acceptors (Lipinski definition) is 5. The summed E-state index contributed by atoms with van der Waals surface area (Å²) in [5.41, 5.74) is 2.86. The van der Waals surface area contributed by atoms with Crippen LogP contribution in [0.5, 0.6) is 0 Å². The smallest absolute Gasteiger partial charge is 0.233 e. The number of likely N-dealkylation sites (tertiary alicyclic amines) is 1. The van der Waals surface area contributed by atoms with Crippen LogP contribution in [0.1, 0.15) is 67.1 Å². The van der Waals surface area contributed by atoms with E-state index in [2.05, 4.69) is 34.1 Å². The van der Waals surface area contributed by atoms with Gasteiger partial charge in [-0.25, -0.2) is 9.97 Å². The molecule has 1 saturated carbocycles. The third-order valence-corrected chi connectivity index (χ3v) is 7.00. The molecule has 1 unspecified atom stereocenters. The van der Waals surface area contributed by atoms with Crippen molar-refractivity contribution in [1.29, 1.82) is 0 Å². The average molecular weight is 438 g/mol. The van der Waals surface area contributed by atoms with Crippen LogP contribution in [0.25, 0.3) is 0 Å². The first-order valence-corrected chi connectivity index (χ1v) is 11.9. The fourth-order valence-corrected chi connectivity index (χ4v) is 5.35. The van der Waals surface area contributed by atoms with Gasteiger partial charge in [0.25, 0.3) is 0 Å². The van der Waals surface area contributed by atoms with Gasteiger partial charge in [-0.1, -0.05) is 43.2 Å². The lowest BCUT2D eigenvalue weighted by Gasteiger charge is -2.39. The Morgan fingerprint density at radius 1 is 1.16 bits per heavy atom. The lowest BCUT2D eigenvalue weighted by Crippen LogP contribution is -2.49. The fraction of sp³-hybridized carbons (Fsp3) is 0.577. The number of rotatable bonds is 8. The third-order valence-electron chi connectivity index (χ3n) is 7.00. The van der Waals surface area contributed by atoms with E-state index in [0.717, 1.165) is 68.7 Å². The van der Waals surface area contributed by atoms with Gasteiger partial charge in [0.2, 0.25) is 5.91 Å². The summed E-state index contributed by atoms with van der Waals surface area (Å²) in [7, 11) is 1.67. The Bertz CT molecular complexity index is 896. The van der Waals surface area contributed by atoms with Crippen molar-refractivity contribution in [3.05, 3.63) is 59.2 Å². The molecule has 2 aliphatic rings. The summed E-state index contributed by atoms with van der Waals surface area (Å²) >= 11 is 0. The number of piperidine rings is 1. The minimum absolute atomic E-state index is 0.213. The van der Waals surface area contributed by atoms with E-state index in [1.165, 1.54) is 5.56 Å². The van der Waals surface area contributed by atoms with Gasteiger partial charge in [0.15, 0.2) is 0 Å². The molecule has 32 heavy (non-hydrogen) atoms. The Hall–Kier alpha value is -2.31. The predicted molar refractivity (Wildman–Crippen MR) is 123 cm³/mol. The highest BCUT2D eigenvalue weighted by molar-refractivity contribution is 5.88. The van der Waals surface area contributed by atoms with Crippen molar-refractivity contribution in [3.63, 3.8) is 0 Å². The second-order valence-corrected chi connectivity index (χ2v) is 9.12. The third kappa shape index (κ3) is 4.86. The van der Waals surface area contributed by atoms with E-state index in [1.807, 2.05) is 19.2 Å². The quantitative estimate of drug-likeness (QED) is 0.580. The number of ether oxygens (including phenoxy) is 2. The van der Waals surface area contributed by atoms with Gasteiger partial charge in [-0.15, -0.1) is 0 Å². The largest absolute Gasteiger partial charge is 0.382 e. The molecule has 2 heterocycles. The van der Waals surface area contributed by atoms with Gasteiger partial charge in [0, 0.05) is 37.9 Å². The minimum atomic E-state index is -0.364. The van der Waals surface area contributed by atoms with Crippen LogP contribution in [0.4, 0.5) is 0 Å². The first kappa shape index (κ1) is 22.9. The predicted octanol–water partition coefficient (Wildman–Crippen LogP) is 4.17. The molecule has 1 atom stereocenters. The van der Waals surface area contributed by atoms with Gasteiger partial charge >= 0.3 is 0 Å². The van der Waals surface area contributed by atoms with E-state index < -0.39 is 0 Å². The summed E-state index contributed by atoms with van der Waals surface area (Å²) in [5.74, 6) is 1.28. The van der Waals surface area contributed by atoms with Crippen LogP contribution in [0.15, 0.2) is 36.5 Å². The van der Waals surface area contributed by atoms with Gasteiger partial charge < -0.3 is 14.4 Å². The Balaban J connectivity index is 1.53. The fourth-order valence-electron chi connectivity index (χ4n) is 5.35. The molecule has 6 heteroatoms. The molecule has 172 valence electrons. The van der Waals surface area contributed by atoms with Crippen molar-refractivity contribution < 1.29 is 14.3 Å². The highest BCUT2D eigenvalue weighted by atomic mass is 16.5. The van der Waals surface area contributed by atoms with Crippen molar-refractivity contribution in [1.82, 2.24) is 14.9 Å². The molecule has 0 N–H and O–H groups in total. The standard InChI is InChI=1S/C26H35N3O3/c1-20-27-17-22(19-32-16-15-31-2)24(28-20)21-9-8-14-29(18-21)25(30)26(12-6-7-13-26)23-10-4-3-5-11-23/h3-5,10-11,17,21H,6-9,12-16,18-19H2,1-2H3. The number of aromatic nitrogens is 2. The van der Waals surface area contributed by atoms with Gasteiger partial charge in [-0.3, -0.25) is 4.79 Å². The molecule has 1 aromatic heterocycles. The van der Waals surface area contributed by atoms with Crippen LogP contribution in [0.2, 0.25) is 0 Å². The monoisotopic (exact) mass is 437 g/mol. The number of benzene rings is 1. The van der Waals surface area contributed by atoms with Gasteiger partial charge in [-0.05, 0) is 38.2 Å². The van der Waals surface area contributed by atoms with Crippen molar-refractivity contribution in [2.45, 2.75) is 63.4 Å². The molecule has 2 aromatic rings. The topological polar surface area (TPSA) is 64.6 Å². The summed E-state index contributed by atoms with van der Waals surface area (Å²) in [6, 6.07) is 10.4. The summed E-state index contributed by atoms with van der Waals surface area (Å²) in [4.78, 5) is 25.3. The zero-order valence-electron chi connectivity index (χ0n) is 19.4. The second kappa shape index (κ2) is 10.5. The highest BCUT2D eigenvalue weighted by Crippen LogP contribution is 2.43. The minimum Gasteiger partial charge on any atom is -0.382 e. The van der Waals surface area contributed by atoms with Crippen molar-refractivity contribution >= 4 is 5.91 Å². The van der Waals surface area contributed by atoms with Crippen molar-refractivity contribution in [3.8, 4) is 0 Å². The number of carbonyl (C=O) groups excluding carboxylic acids is 1. The molecule has 1 amide bonds. The lowest BCUT2D eigenvalue weighted by molar-refractivity contribution is -0.138. The molecule has 1 aliphatic carbocycles. The van der Waals surface area contributed by atoms with Crippen LogP contribution in [0, 0.1) is 6.92 Å². The maximum absolute atomic E-state index is 14.0. The molecule has 0 spiro atoms. The van der Waals surface area contributed by atoms with Crippen molar-refractivity contribution in [2.75, 3.05) is 33.4 Å². The van der Waals surface area contributed by atoms with Crippen LogP contribution in [-0.4, -0.2) is 54.2 Å². The van der Waals surface area contributed by atoms with Crippen LogP contribution < -0.4 is 0 Å². The first-order valence-electron chi connectivity index (χ1n) is 11.9. The van der Waals surface area contributed by atoms with E-state index in [-0.39, 0.29) is 11.3 Å². The highest BCUT2D eigenvalue weighted by Gasteiger charge is 2.45. The molecule has 1 aliphatic heterocycles. The lowest BCUT2D eigenvalue weighted by atomic mass is 9.77. The number of amides is 1. The molecule has 1 aromatic carbocycles. The Morgan fingerprint density at radius 2 is 1.94 bits per heavy atom. The average Bonchev–Trinajstić information content (AvgIpc) is 3.34. The second-order valence-electron chi connectivity index (χ2n) is 9.12. The Labute approximate surface area is 191 Å². The summed E-state index contributed by atoms with van der Waals surface area (Å²) in [6.07, 6.45) is 8.04. The van der Waals surface area contributed by atoms with Crippen molar-refractivity contribution in [2.24, 2.45) is 0 Å². The van der Waals surface area contributed by atoms with Gasteiger partial charge in [-0.2, -0.15) is 0 Å². The van der Waals surface area contributed by atoms with Gasteiger partial charge in [0.05, 0.1) is 30.9 Å². The molecule has 6 nitrogen and oxygen atoms in total. The molecule has 2 fully saturated rings. The van der Waals surface area contributed by atoms with Crippen LogP contribution in [-0.2, 0) is 26.3 Å². The molecule has 1 saturated heterocycles. The molecule has 4 rings (SSSR count). The number of aryl methyl sites for hydroxylation is 1. The molecule has 0 bridgehead atoms. The first-order chi connectivity index (χ1) is 15.6. The maximum Gasteiger partial charge on any atom is 0.233 e. The van der Waals surface area contributed by atoms with E-state index in [4.69, 9.17) is 14.5 Å². The van der Waals surface area contributed by atoms with Gasteiger partial charge in [0.1, 0.15) is 5.82 Å². The zero-order valence-corrected chi connectivity index (χ0v) is 19.4. The van der Waals surface area contributed by atoms with E-state index >= 15 is 0 Å². The molecular formula is C26H35N3O3. The SMILES string of the molecule is COCCOCc1cnc(C)nc1C1CCCN(C(=O)C2(c3ccccc3)CCCC2)C1. The maximum atomic E-state index is 14.0. The summed E-state index contributed by atoms with van der Waals surface area (Å²) in [6.45, 7) is 5.04. The van der Waals surface area contributed by atoms with Crippen LogP contribution >= 0.6 is 0 Å². The number of carbonyl (C=O) groups is 1. The van der Waals surface area contributed by atoms with E-state index in [1.54, 1.807) is 7.11 Å². The number of hydrogen-bond donors (Lipinski definition) is 0. The number of nitrogens with zero attached hydrogens (tertiary/aromatic N) is 3.